The van der Waals surface area contributed by atoms with E-state index in [0.717, 1.165) is 5.69 Å². The molecule has 0 fully saturated rings. The molecule has 0 aliphatic carbocycles. The van der Waals surface area contributed by atoms with Gasteiger partial charge >= 0.3 is 0 Å². The lowest BCUT2D eigenvalue weighted by atomic mass is 10.1. The summed E-state index contributed by atoms with van der Waals surface area (Å²) in [5, 5.41) is 15.6. The molecule has 6 nitrogen and oxygen atoms in total. The third-order valence-electron chi connectivity index (χ3n) is 2.16. The number of hydrogen-bond donors (Lipinski definition) is 1. The summed E-state index contributed by atoms with van der Waals surface area (Å²) >= 11 is 0. The zero-order chi connectivity index (χ0) is 12.3. The monoisotopic (exact) mass is 232 g/mol. The SMILES string of the molecule is CC(C)(C)NCc1ccc(-n2cncn2)nn1. The Morgan fingerprint density at radius 1 is 1.24 bits per heavy atom. The molecule has 0 aliphatic heterocycles. The summed E-state index contributed by atoms with van der Waals surface area (Å²) in [7, 11) is 0. The van der Waals surface area contributed by atoms with Crippen molar-refractivity contribution in [1.29, 1.82) is 0 Å². The molecule has 2 heterocycles. The minimum absolute atomic E-state index is 0.0756. The first-order valence-electron chi connectivity index (χ1n) is 5.47. The van der Waals surface area contributed by atoms with Crippen LogP contribution in [-0.2, 0) is 6.54 Å². The zero-order valence-corrected chi connectivity index (χ0v) is 10.3. The highest BCUT2D eigenvalue weighted by Crippen LogP contribution is 2.04. The molecular weight excluding hydrogens is 216 g/mol. The van der Waals surface area contributed by atoms with Crippen LogP contribution >= 0.6 is 0 Å². The molecule has 17 heavy (non-hydrogen) atoms. The molecule has 0 saturated carbocycles. The third-order valence-corrected chi connectivity index (χ3v) is 2.16. The lowest BCUT2D eigenvalue weighted by Gasteiger charge is -2.19. The Kier molecular flexibility index (Phi) is 3.14. The minimum Gasteiger partial charge on any atom is -0.306 e. The molecule has 1 N–H and O–H groups in total. The number of nitrogens with one attached hydrogen (secondary N) is 1. The van der Waals surface area contributed by atoms with Gasteiger partial charge in [0.05, 0.1) is 5.69 Å². The van der Waals surface area contributed by atoms with Crippen molar-refractivity contribution >= 4 is 0 Å². The molecule has 0 saturated heterocycles. The van der Waals surface area contributed by atoms with Gasteiger partial charge in [0.15, 0.2) is 5.82 Å². The van der Waals surface area contributed by atoms with E-state index in [-0.39, 0.29) is 5.54 Å². The zero-order valence-electron chi connectivity index (χ0n) is 10.3. The van der Waals surface area contributed by atoms with E-state index in [2.05, 4.69) is 46.4 Å². The lowest BCUT2D eigenvalue weighted by molar-refractivity contribution is 0.420. The van der Waals surface area contributed by atoms with Gasteiger partial charge in [-0.25, -0.2) is 9.67 Å². The lowest BCUT2D eigenvalue weighted by Crippen LogP contribution is -2.35. The average Bonchev–Trinajstić information content (AvgIpc) is 2.79. The van der Waals surface area contributed by atoms with Crippen molar-refractivity contribution in [3.63, 3.8) is 0 Å². The van der Waals surface area contributed by atoms with Crippen molar-refractivity contribution in [2.24, 2.45) is 0 Å². The molecule has 2 aromatic heterocycles. The second-order valence-electron chi connectivity index (χ2n) is 4.83. The van der Waals surface area contributed by atoms with Crippen LogP contribution in [0.5, 0.6) is 0 Å². The van der Waals surface area contributed by atoms with Crippen LogP contribution < -0.4 is 5.32 Å². The van der Waals surface area contributed by atoms with Crippen LogP contribution in [0.15, 0.2) is 24.8 Å². The van der Waals surface area contributed by atoms with Crippen molar-refractivity contribution < 1.29 is 0 Å². The van der Waals surface area contributed by atoms with Crippen LogP contribution in [0.25, 0.3) is 5.82 Å². The molecule has 0 bridgehead atoms. The fraction of sp³-hybridized carbons (Fsp3) is 0.455. The quantitative estimate of drug-likeness (QED) is 0.853. The van der Waals surface area contributed by atoms with Gasteiger partial charge in [-0.3, -0.25) is 0 Å². The van der Waals surface area contributed by atoms with E-state index in [1.807, 2.05) is 12.1 Å². The van der Waals surface area contributed by atoms with Gasteiger partial charge in [0, 0.05) is 12.1 Å². The van der Waals surface area contributed by atoms with Crippen molar-refractivity contribution in [1.82, 2.24) is 30.3 Å². The number of rotatable bonds is 3. The van der Waals surface area contributed by atoms with Gasteiger partial charge in [-0.05, 0) is 32.9 Å². The van der Waals surface area contributed by atoms with E-state index in [9.17, 15) is 0 Å². The van der Waals surface area contributed by atoms with E-state index in [0.29, 0.717) is 12.4 Å². The fourth-order valence-corrected chi connectivity index (χ4v) is 1.25. The molecule has 0 radical (unpaired) electrons. The summed E-state index contributed by atoms with van der Waals surface area (Å²) in [6.07, 6.45) is 3.06. The Morgan fingerprint density at radius 3 is 2.59 bits per heavy atom. The van der Waals surface area contributed by atoms with E-state index >= 15 is 0 Å². The van der Waals surface area contributed by atoms with Crippen LogP contribution in [0.1, 0.15) is 26.5 Å². The summed E-state index contributed by atoms with van der Waals surface area (Å²) in [5.74, 6) is 0.669. The van der Waals surface area contributed by atoms with Gasteiger partial charge in [-0.2, -0.15) is 10.2 Å². The summed E-state index contributed by atoms with van der Waals surface area (Å²) < 4.78 is 1.58. The normalized spacial score (nSPS) is 11.7. The first-order chi connectivity index (χ1) is 8.04. The van der Waals surface area contributed by atoms with E-state index in [1.54, 1.807) is 11.0 Å². The smallest absolute Gasteiger partial charge is 0.177 e. The molecule has 0 aromatic carbocycles. The Hall–Kier alpha value is -1.82. The molecule has 0 aliphatic rings. The van der Waals surface area contributed by atoms with Crippen LogP contribution in [0, 0.1) is 0 Å². The van der Waals surface area contributed by atoms with E-state index in [1.165, 1.54) is 6.33 Å². The molecule has 90 valence electrons. The van der Waals surface area contributed by atoms with Gasteiger partial charge in [0.25, 0.3) is 0 Å². The number of aromatic nitrogens is 5. The fourth-order valence-electron chi connectivity index (χ4n) is 1.25. The van der Waals surface area contributed by atoms with Gasteiger partial charge < -0.3 is 5.32 Å². The topological polar surface area (TPSA) is 68.5 Å². The summed E-state index contributed by atoms with van der Waals surface area (Å²) in [4.78, 5) is 3.86. The van der Waals surface area contributed by atoms with Gasteiger partial charge in [-0.1, -0.05) is 0 Å². The number of hydrogen-bond acceptors (Lipinski definition) is 5. The predicted molar refractivity (Wildman–Crippen MR) is 63.5 cm³/mol. The van der Waals surface area contributed by atoms with Crippen molar-refractivity contribution in [3.05, 3.63) is 30.5 Å². The second kappa shape index (κ2) is 4.58. The Bertz CT molecular complexity index is 454. The molecule has 0 atom stereocenters. The number of nitrogens with zero attached hydrogens (tertiary/aromatic N) is 5. The van der Waals surface area contributed by atoms with Crippen LogP contribution in [-0.4, -0.2) is 30.5 Å². The van der Waals surface area contributed by atoms with Gasteiger partial charge in [0.2, 0.25) is 0 Å². The van der Waals surface area contributed by atoms with Crippen LogP contribution in [0.2, 0.25) is 0 Å². The standard InChI is InChI=1S/C11H16N6/c1-11(2,3)13-6-9-4-5-10(16-15-9)17-8-12-7-14-17/h4-5,7-8,13H,6H2,1-3H3. The summed E-state index contributed by atoms with van der Waals surface area (Å²) in [6.45, 7) is 7.05. The maximum absolute atomic E-state index is 4.14. The Morgan fingerprint density at radius 2 is 2.06 bits per heavy atom. The van der Waals surface area contributed by atoms with Crippen molar-refractivity contribution in [2.45, 2.75) is 32.9 Å². The minimum atomic E-state index is 0.0756. The van der Waals surface area contributed by atoms with Crippen molar-refractivity contribution in [2.75, 3.05) is 0 Å². The highest BCUT2D eigenvalue weighted by atomic mass is 15.4. The van der Waals surface area contributed by atoms with Crippen LogP contribution in [0.3, 0.4) is 0 Å². The molecule has 0 amide bonds. The first kappa shape index (κ1) is 11.7. The maximum atomic E-state index is 4.14. The molecule has 2 rings (SSSR count). The molecule has 0 unspecified atom stereocenters. The third kappa shape index (κ3) is 3.32. The first-order valence-corrected chi connectivity index (χ1v) is 5.47. The van der Waals surface area contributed by atoms with E-state index in [4.69, 9.17) is 0 Å². The molecule has 6 heteroatoms. The average molecular weight is 232 g/mol. The maximum Gasteiger partial charge on any atom is 0.177 e. The largest absolute Gasteiger partial charge is 0.306 e. The van der Waals surface area contributed by atoms with Crippen molar-refractivity contribution in [3.8, 4) is 5.82 Å². The highest BCUT2D eigenvalue weighted by molar-refractivity contribution is 5.19. The van der Waals surface area contributed by atoms with Crippen LogP contribution in [0.4, 0.5) is 0 Å². The Balaban J connectivity index is 2.04. The molecule has 2 aromatic rings. The van der Waals surface area contributed by atoms with E-state index < -0.39 is 0 Å². The molecular formula is C11H16N6. The van der Waals surface area contributed by atoms with Gasteiger partial charge in [0.1, 0.15) is 12.7 Å². The molecule has 0 spiro atoms. The van der Waals surface area contributed by atoms with Gasteiger partial charge in [-0.15, -0.1) is 5.10 Å². The summed E-state index contributed by atoms with van der Waals surface area (Å²) in [5.41, 5.74) is 0.982. The Labute approximate surface area is 100 Å². The predicted octanol–water partition coefficient (Wildman–Crippen LogP) is 0.945. The highest BCUT2D eigenvalue weighted by Gasteiger charge is 2.09. The second-order valence-corrected chi connectivity index (χ2v) is 4.83. The summed E-state index contributed by atoms with van der Waals surface area (Å²) in [6, 6.07) is 3.81.